The molecule has 1 N–H and O–H groups in total. The van der Waals surface area contributed by atoms with E-state index in [2.05, 4.69) is 10.4 Å². The quantitative estimate of drug-likeness (QED) is 0.845. The molecule has 2 amide bonds. The number of hydrogen-bond donors (Lipinski definition) is 1. The normalized spacial score (nSPS) is 20.1. The highest BCUT2D eigenvalue weighted by molar-refractivity contribution is 5.82. The molecule has 2 atom stereocenters. The van der Waals surface area contributed by atoms with Gasteiger partial charge in [0.15, 0.2) is 0 Å². The number of carbonyl (C=O) groups is 2. The van der Waals surface area contributed by atoms with Crippen molar-refractivity contribution >= 4 is 11.8 Å². The van der Waals surface area contributed by atoms with Gasteiger partial charge in [-0.25, -0.2) is 0 Å². The van der Waals surface area contributed by atoms with Crippen LogP contribution in [-0.2, 0) is 23.2 Å². The maximum absolute atomic E-state index is 12.4. The van der Waals surface area contributed by atoms with Crippen molar-refractivity contribution in [1.29, 1.82) is 0 Å². The molecule has 0 aliphatic carbocycles. The van der Waals surface area contributed by atoms with E-state index in [1.54, 1.807) is 55.1 Å². The van der Waals surface area contributed by atoms with Gasteiger partial charge in [-0.05, 0) is 19.1 Å². The molecule has 1 saturated heterocycles. The largest absolute Gasteiger partial charge is 0.349 e. The van der Waals surface area contributed by atoms with E-state index in [-0.39, 0.29) is 42.4 Å². The van der Waals surface area contributed by atoms with Crippen molar-refractivity contribution in [3.05, 3.63) is 52.2 Å². The average Bonchev–Trinajstić information content (AvgIpc) is 3.08. The van der Waals surface area contributed by atoms with Crippen molar-refractivity contribution in [3.8, 4) is 0 Å². The summed E-state index contributed by atoms with van der Waals surface area (Å²) in [6.07, 6.45) is 3.47. The molecule has 3 heterocycles. The number of carbonyl (C=O) groups excluding carboxylic acids is 2. The lowest BCUT2D eigenvalue weighted by Crippen LogP contribution is -2.42. The molecule has 2 aromatic heterocycles. The Morgan fingerprint density at radius 1 is 1.32 bits per heavy atom. The Kier molecular flexibility index (Phi) is 4.43. The summed E-state index contributed by atoms with van der Waals surface area (Å²) in [7, 11) is 3.52. The van der Waals surface area contributed by atoms with Gasteiger partial charge in [0.25, 0.3) is 5.56 Å². The number of likely N-dealkylation sites (N-methyl/N-ethyl adjacent to an activating group) is 1. The van der Waals surface area contributed by atoms with Crippen LogP contribution in [-0.4, -0.2) is 44.2 Å². The second-order valence-corrected chi connectivity index (χ2v) is 6.33. The Bertz CT molecular complexity index is 869. The van der Waals surface area contributed by atoms with Gasteiger partial charge in [0.2, 0.25) is 11.8 Å². The van der Waals surface area contributed by atoms with Gasteiger partial charge in [0, 0.05) is 38.5 Å². The smallest absolute Gasteiger partial charge is 0.253 e. The number of nitrogens with one attached hydrogen (secondary N) is 1. The summed E-state index contributed by atoms with van der Waals surface area (Å²) in [6.45, 7) is 1.63. The molecule has 1 fully saturated rings. The zero-order chi connectivity index (χ0) is 18.1. The van der Waals surface area contributed by atoms with Crippen LogP contribution in [0.5, 0.6) is 0 Å². The SMILES string of the molecule is Cc1cccn(CC(=O)N[C@@H]2CC(=O)N(C)[C@H]2c2ccnn2C)c1=O. The van der Waals surface area contributed by atoms with E-state index < -0.39 is 0 Å². The average molecular weight is 343 g/mol. The summed E-state index contributed by atoms with van der Waals surface area (Å²) in [6, 6.07) is 4.64. The molecule has 0 spiro atoms. The fourth-order valence-electron chi connectivity index (χ4n) is 3.27. The van der Waals surface area contributed by atoms with Crippen LogP contribution in [0.3, 0.4) is 0 Å². The highest BCUT2D eigenvalue weighted by Crippen LogP contribution is 2.31. The van der Waals surface area contributed by atoms with Crippen molar-refractivity contribution in [2.75, 3.05) is 7.05 Å². The van der Waals surface area contributed by atoms with E-state index in [0.717, 1.165) is 5.69 Å². The molecule has 8 heteroatoms. The molecule has 2 aromatic rings. The van der Waals surface area contributed by atoms with E-state index in [4.69, 9.17) is 0 Å². The lowest BCUT2D eigenvalue weighted by atomic mass is 10.1. The number of aryl methyl sites for hydroxylation is 2. The van der Waals surface area contributed by atoms with Crippen LogP contribution in [0.1, 0.15) is 23.7 Å². The third-order valence-electron chi connectivity index (χ3n) is 4.62. The number of aromatic nitrogens is 3. The maximum atomic E-state index is 12.4. The highest BCUT2D eigenvalue weighted by Gasteiger charge is 2.40. The first-order chi connectivity index (χ1) is 11.9. The minimum Gasteiger partial charge on any atom is -0.349 e. The molecule has 0 unspecified atom stereocenters. The molecule has 0 saturated carbocycles. The topological polar surface area (TPSA) is 89.2 Å². The minimum absolute atomic E-state index is 0.0378. The third-order valence-corrected chi connectivity index (χ3v) is 4.62. The van der Waals surface area contributed by atoms with Crippen molar-refractivity contribution in [3.63, 3.8) is 0 Å². The highest BCUT2D eigenvalue weighted by atomic mass is 16.2. The molecule has 0 aromatic carbocycles. The fourth-order valence-corrected chi connectivity index (χ4v) is 3.27. The predicted octanol–water partition coefficient (Wildman–Crippen LogP) is -0.0216. The molecule has 0 radical (unpaired) electrons. The molecular weight excluding hydrogens is 322 g/mol. The number of rotatable bonds is 4. The third kappa shape index (κ3) is 3.19. The molecule has 132 valence electrons. The van der Waals surface area contributed by atoms with E-state index >= 15 is 0 Å². The van der Waals surface area contributed by atoms with Gasteiger partial charge in [-0.15, -0.1) is 0 Å². The van der Waals surface area contributed by atoms with E-state index in [1.165, 1.54) is 4.57 Å². The van der Waals surface area contributed by atoms with Crippen LogP contribution >= 0.6 is 0 Å². The van der Waals surface area contributed by atoms with Crippen molar-refractivity contribution < 1.29 is 9.59 Å². The van der Waals surface area contributed by atoms with Gasteiger partial charge in [0.05, 0.1) is 17.8 Å². The van der Waals surface area contributed by atoms with E-state index in [9.17, 15) is 14.4 Å². The van der Waals surface area contributed by atoms with Crippen LogP contribution in [0.25, 0.3) is 0 Å². The molecule has 8 nitrogen and oxygen atoms in total. The van der Waals surface area contributed by atoms with Gasteiger partial charge in [0.1, 0.15) is 6.54 Å². The standard InChI is InChI=1S/C17H21N5O3/c1-11-5-4-8-22(17(11)25)10-14(23)19-12-9-15(24)20(2)16(12)13-6-7-18-21(13)3/h4-8,12,16H,9-10H2,1-3H3,(H,19,23)/t12-,16-/m1/s1. The van der Waals surface area contributed by atoms with Gasteiger partial charge < -0.3 is 14.8 Å². The Morgan fingerprint density at radius 2 is 2.08 bits per heavy atom. The van der Waals surface area contributed by atoms with E-state index in [0.29, 0.717) is 5.56 Å². The number of amides is 2. The number of nitrogens with zero attached hydrogens (tertiary/aromatic N) is 4. The van der Waals surface area contributed by atoms with Crippen LogP contribution in [0, 0.1) is 6.92 Å². The number of likely N-dealkylation sites (tertiary alicyclic amines) is 1. The lowest BCUT2D eigenvalue weighted by molar-refractivity contribution is -0.127. The first-order valence-electron chi connectivity index (χ1n) is 8.07. The zero-order valence-electron chi connectivity index (χ0n) is 14.5. The predicted molar refractivity (Wildman–Crippen MR) is 90.7 cm³/mol. The summed E-state index contributed by atoms with van der Waals surface area (Å²) >= 11 is 0. The Morgan fingerprint density at radius 3 is 2.76 bits per heavy atom. The maximum Gasteiger partial charge on any atom is 0.253 e. The van der Waals surface area contributed by atoms with Gasteiger partial charge in [-0.1, -0.05) is 6.07 Å². The summed E-state index contributed by atoms with van der Waals surface area (Å²) < 4.78 is 3.06. The fraction of sp³-hybridized carbons (Fsp3) is 0.412. The van der Waals surface area contributed by atoms with Gasteiger partial charge >= 0.3 is 0 Å². The Balaban J connectivity index is 1.77. The van der Waals surface area contributed by atoms with Crippen LogP contribution in [0.4, 0.5) is 0 Å². The van der Waals surface area contributed by atoms with Crippen molar-refractivity contribution in [2.24, 2.45) is 7.05 Å². The zero-order valence-corrected chi connectivity index (χ0v) is 14.5. The molecule has 1 aliphatic rings. The Hall–Kier alpha value is -2.90. The van der Waals surface area contributed by atoms with E-state index in [1.807, 2.05) is 6.07 Å². The molecule has 3 rings (SSSR count). The van der Waals surface area contributed by atoms with Crippen molar-refractivity contribution in [2.45, 2.75) is 32.0 Å². The van der Waals surface area contributed by atoms with Gasteiger partial charge in [-0.2, -0.15) is 5.10 Å². The second kappa shape index (κ2) is 6.54. The number of hydrogen-bond acceptors (Lipinski definition) is 4. The van der Waals surface area contributed by atoms with Crippen molar-refractivity contribution in [1.82, 2.24) is 24.6 Å². The summed E-state index contributed by atoms with van der Waals surface area (Å²) in [5, 5.41) is 7.04. The van der Waals surface area contributed by atoms with Crippen LogP contribution < -0.4 is 10.9 Å². The van der Waals surface area contributed by atoms with Crippen LogP contribution in [0.15, 0.2) is 35.4 Å². The summed E-state index contributed by atoms with van der Waals surface area (Å²) in [5.41, 5.74) is 1.24. The van der Waals surface area contributed by atoms with Crippen LogP contribution in [0.2, 0.25) is 0 Å². The lowest BCUT2D eigenvalue weighted by Gasteiger charge is -2.25. The first kappa shape index (κ1) is 16.9. The van der Waals surface area contributed by atoms with Gasteiger partial charge in [-0.3, -0.25) is 19.1 Å². The second-order valence-electron chi connectivity index (χ2n) is 6.33. The first-order valence-corrected chi connectivity index (χ1v) is 8.07. The molecule has 1 aliphatic heterocycles. The molecule has 25 heavy (non-hydrogen) atoms. The Labute approximate surface area is 145 Å². The summed E-state index contributed by atoms with van der Waals surface area (Å²) in [4.78, 5) is 38.2. The molecular formula is C17H21N5O3. The monoisotopic (exact) mass is 343 g/mol. The molecule has 0 bridgehead atoms. The number of pyridine rings is 1. The minimum atomic E-state index is -0.360. The summed E-state index contributed by atoms with van der Waals surface area (Å²) in [5.74, 6) is -0.336.